The number of nitrogens with zero attached hydrogens (tertiary/aromatic N) is 1. The number of hydrogen-bond donors (Lipinski definition) is 1. The Kier molecular flexibility index (Phi) is 4.13. The van der Waals surface area contributed by atoms with E-state index in [2.05, 4.69) is 10.3 Å². The minimum atomic E-state index is -0.0740. The zero-order valence-corrected chi connectivity index (χ0v) is 11.0. The van der Waals surface area contributed by atoms with Crippen LogP contribution in [0.25, 0.3) is 0 Å². The van der Waals surface area contributed by atoms with E-state index in [0.29, 0.717) is 0 Å². The molecule has 0 saturated heterocycles. The number of carbonyl (C=O) groups is 1. The molecule has 1 heterocycles. The fourth-order valence-corrected chi connectivity index (χ4v) is 1.86. The number of pyridine rings is 1. The van der Waals surface area contributed by atoms with Gasteiger partial charge in [0.2, 0.25) is 5.91 Å². The average molecular weight is 256 g/mol. The maximum atomic E-state index is 12.0. The number of benzene rings is 1. The third-order valence-corrected chi connectivity index (χ3v) is 2.75. The van der Waals surface area contributed by atoms with Gasteiger partial charge in [0, 0.05) is 23.6 Å². The average Bonchev–Trinajstić information content (AvgIpc) is 2.40. The van der Waals surface area contributed by atoms with Gasteiger partial charge < -0.3 is 10.1 Å². The van der Waals surface area contributed by atoms with Gasteiger partial charge in [-0.2, -0.15) is 0 Å². The van der Waals surface area contributed by atoms with Crippen molar-refractivity contribution in [3.05, 3.63) is 53.9 Å². The molecule has 0 atom stereocenters. The number of nitrogens with one attached hydrogen (secondary N) is 1. The molecule has 0 bridgehead atoms. The molecular weight excluding hydrogens is 240 g/mol. The van der Waals surface area contributed by atoms with E-state index in [1.807, 2.05) is 25.1 Å². The molecule has 4 heteroatoms. The fraction of sp³-hybridized carbons (Fsp3) is 0.200. The molecule has 1 aromatic heterocycles. The molecule has 0 radical (unpaired) electrons. The maximum absolute atomic E-state index is 12.0. The molecule has 1 N–H and O–H groups in total. The normalized spacial score (nSPS) is 10.0. The first kappa shape index (κ1) is 13.1. The van der Waals surface area contributed by atoms with E-state index in [0.717, 1.165) is 22.6 Å². The number of aromatic nitrogens is 1. The van der Waals surface area contributed by atoms with Crippen LogP contribution in [-0.2, 0) is 11.2 Å². The van der Waals surface area contributed by atoms with E-state index in [4.69, 9.17) is 4.74 Å². The summed E-state index contributed by atoms with van der Waals surface area (Å²) >= 11 is 0. The van der Waals surface area contributed by atoms with E-state index in [-0.39, 0.29) is 12.3 Å². The number of methoxy groups -OCH3 is 1. The zero-order chi connectivity index (χ0) is 13.7. The summed E-state index contributed by atoms with van der Waals surface area (Å²) in [5.74, 6) is 0.658. The van der Waals surface area contributed by atoms with Crippen LogP contribution in [0.4, 0.5) is 5.69 Å². The minimum absolute atomic E-state index is 0.0740. The number of aryl methyl sites for hydroxylation is 1. The van der Waals surface area contributed by atoms with E-state index in [9.17, 15) is 4.79 Å². The lowest BCUT2D eigenvalue weighted by atomic mass is 10.1. The molecular formula is C15H16N2O2. The number of amides is 1. The largest absolute Gasteiger partial charge is 0.496 e. The molecule has 0 unspecified atom stereocenters. The van der Waals surface area contributed by atoms with Crippen LogP contribution < -0.4 is 10.1 Å². The molecule has 2 rings (SSSR count). The van der Waals surface area contributed by atoms with Crippen LogP contribution >= 0.6 is 0 Å². The van der Waals surface area contributed by atoms with E-state index < -0.39 is 0 Å². The van der Waals surface area contributed by atoms with Gasteiger partial charge in [0.15, 0.2) is 0 Å². The lowest BCUT2D eigenvalue weighted by molar-refractivity contribution is -0.115. The minimum Gasteiger partial charge on any atom is -0.496 e. The number of carbonyl (C=O) groups excluding carboxylic acids is 1. The van der Waals surface area contributed by atoms with Crippen molar-refractivity contribution in [2.75, 3.05) is 12.4 Å². The van der Waals surface area contributed by atoms with Gasteiger partial charge in [0.25, 0.3) is 0 Å². The second-order valence-electron chi connectivity index (χ2n) is 4.28. The van der Waals surface area contributed by atoms with E-state index in [1.54, 1.807) is 31.6 Å². The molecule has 1 aromatic carbocycles. The molecule has 0 aliphatic carbocycles. The van der Waals surface area contributed by atoms with Crippen molar-refractivity contribution in [3.63, 3.8) is 0 Å². The van der Waals surface area contributed by atoms with Gasteiger partial charge in [-0.3, -0.25) is 9.78 Å². The van der Waals surface area contributed by atoms with Gasteiger partial charge >= 0.3 is 0 Å². The van der Waals surface area contributed by atoms with Crippen LogP contribution in [-0.4, -0.2) is 18.0 Å². The van der Waals surface area contributed by atoms with Gasteiger partial charge in [-0.05, 0) is 25.1 Å². The Hall–Kier alpha value is -2.36. The molecule has 0 saturated carbocycles. The third-order valence-electron chi connectivity index (χ3n) is 2.75. The smallest absolute Gasteiger partial charge is 0.228 e. The highest BCUT2D eigenvalue weighted by molar-refractivity contribution is 5.92. The first-order valence-corrected chi connectivity index (χ1v) is 6.02. The standard InChI is InChI=1S/C15H16N2O2/c1-11-3-4-14(19-2)12(9-11)10-15(18)17-13-5-7-16-8-6-13/h3-9H,10H2,1-2H3,(H,16,17,18). The van der Waals surface area contributed by atoms with Gasteiger partial charge in [0.05, 0.1) is 13.5 Å². The Balaban J connectivity index is 2.09. The highest BCUT2D eigenvalue weighted by Gasteiger charge is 2.09. The van der Waals surface area contributed by atoms with Crippen molar-refractivity contribution in [2.24, 2.45) is 0 Å². The van der Waals surface area contributed by atoms with Crippen LogP contribution in [0.1, 0.15) is 11.1 Å². The Labute approximate surface area is 112 Å². The van der Waals surface area contributed by atoms with Crippen molar-refractivity contribution in [1.82, 2.24) is 4.98 Å². The van der Waals surface area contributed by atoms with E-state index in [1.165, 1.54) is 0 Å². The summed E-state index contributed by atoms with van der Waals surface area (Å²) in [5.41, 5.74) is 2.73. The number of ether oxygens (including phenoxy) is 1. The Morgan fingerprint density at radius 3 is 2.68 bits per heavy atom. The number of hydrogen-bond acceptors (Lipinski definition) is 3. The number of rotatable bonds is 4. The van der Waals surface area contributed by atoms with Crippen LogP contribution in [0.3, 0.4) is 0 Å². The summed E-state index contributed by atoms with van der Waals surface area (Å²) in [7, 11) is 1.61. The van der Waals surface area contributed by atoms with Crippen molar-refractivity contribution in [1.29, 1.82) is 0 Å². The Morgan fingerprint density at radius 2 is 2.00 bits per heavy atom. The lowest BCUT2D eigenvalue weighted by Gasteiger charge is -2.10. The van der Waals surface area contributed by atoms with Crippen molar-refractivity contribution in [3.8, 4) is 5.75 Å². The number of anilines is 1. The molecule has 98 valence electrons. The van der Waals surface area contributed by atoms with Crippen LogP contribution in [0.2, 0.25) is 0 Å². The summed E-state index contributed by atoms with van der Waals surface area (Å²) in [4.78, 5) is 15.9. The molecule has 0 fully saturated rings. The SMILES string of the molecule is COc1ccc(C)cc1CC(=O)Nc1ccncc1. The molecule has 0 spiro atoms. The Morgan fingerprint density at radius 1 is 1.26 bits per heavy atom. The topological polar surface area (TPSA) is 51.2 Å². The first-order valence-electron chi connectivity index (χ1n) is 6.02. The van der Waals surface area contributed by atoms with Gasteiger partial charge in [-0.25, -0.2) is 0 Å². The molecule has 0 aliphatic heterocycles. The van der Waals surface area contributed by atoms with Crippen molar-refractivity contribution >= 4 is 11.6 Å². The summed E-state index contributed by atoms with van der Waals surface area (Å²) in [6.45, 7) is 1.99. The second kappa shape index (κ2) is 6.00. The van der Waals surface area contributed by atoms with Crippen molar-refractivity contribution in [2.45, 2.75) is 13.3 Å². The van der Waals surface area contributed by atoms with Crippen LogP contribution in [0.15, 0.2) is 42.7 Å². The highest BCUT2D eigenvalue weighted by Crippen LogP contribution is 2.20. The Bertz CT molecular complexity index is 568. The molecule has 1 amide bonds. The lowest BCUT2D eigenvalue weighted by Crippen LogP contribution is -2.15. The summed E-state index contributed by atoms with van der Waals surface area (Å²) < 4.78 is 5.26. The highest BCUT2D eigenvalue weighted by atomic mass is 16.5. The maximum Gasteiger partial charge on any atom is 0.228 e. The third kappa shape index (κ3) is 3.55. The second-order valence-corrected chi connectivity index (χ2v) is 4.28. The fourth-order valence-electron chi connectivity index (χ4n) is 1.86. The van der Waals surface area contributed by atoms with Crippen LogP contribution in [0, 0.1) is 6.92 Å². The molecule has 19 heavy (non-hydrogen) atoms. The van der Waals surface area contributed by atoms with Gasteiger partial charge in [-0.15, -0.1) is 0 Å². The quantitative estimate of drug-likeness (QED) is 0.914. The first-order chi connectivity index (χ1) is 9.19. The van der Waals surface area contributed by atoms with Crippen LogP contribution in [0.5, 0.6) is 5.75 Å². The molecule has 4 nitrogen and oxygen atoms in total. The monoisotopic (exact) mass is 256 g/mol. The summed E-state index contributed by atoms with van der Waals surface area (Å²) in [6, 6.07) is 9.31. The zero-order valence-electron chi connectivity index (χ0n) is 11.0. The molecule has 0 aliphatic rings. The molecule has 2 aromatic rings. The van der Waals surface area contributed by atoms with Gasteiger partial charge in [-0.1, -0.05) is 17.7 Å². The predicted molar refractivity (Wildman–Crippen MR) is 74.3 cm³/mol. The van der Waals surface area contributed by atoms with Gasteiger partial charge in [0.1, 0.15) is 5.75 Å². The predicted octanol–water partition coefficient (Wildman–Crippen LogP) is 2.58. The van der Waals surface area contributed by atoms with Crippen molar-refractivity contribution < 1.29 is 9.53 Å². The summed E-state index contributed by atoms with van der Waals surface area (Å²) in [5, 5.41) is 2.83. The summed E-state index contributed by atoms with van der Waals surface area (Å²) in [6.07, 6.45) is 3.57. The van der Waals surface area contributed by atoms with E-state index >= 15 is 0 Å².